The second-order valence-electron chi connectivity index (χ2n) is 5.17. The van der Waals surface area contributed by atoms with Crippen LogP contribution >= 0.6 is 0 Å². The molecule has 1 atom stereocenters. The number of aliphatic hydroxyl groups is 1. The molecule has 1 rings (SSSR count). The van der Waals surface area contributed by atoms with Crippen LogP contribution in [0.3, 0.4) is 0 Å². The number of nitrogens with zero attached hydrogens (tertiary/aromatic N) is 1. The fourth-order valence-corrected chi connectivity index (χ4v) is 1.80. The molecule has 1 fully saturated rings. The van der Waals surface area contributed by atoms with E-state index in [1.54, 1.807) is 0 Å². The Labute approximate surface area is 91.4 Å². The molecule has 4 nitrogen and oxygen atoms in total. The van der Waals surface area contributed by atoms with Gasteiger partial charge in [0.2, 0.25) is 5.91 Å². The van der Waals surface area contributed by atoms with E-state index in [-0.39, 0.29) is 24.0 Å². The van der Waals surface area contributed by atoms with Gasteiger partial charge in [0.05, 0.1) is 0 Å². The van der Waals surface area contributed by atoms with E-state index < -0.39 is 0 Å². The van der Waals surface area contributed by atoms with Gasteiger partial charge in [-0.15, -0.1) is 0 Å². The summed E-state index contributed by atoms with van der Waals surface area (Å²) in [6.07, 6.45) is 2.15. The van der Waals surface area contributed by atoms with Crippen LogP contribution in [0.2, 0.25) is 0 Å². The average molecular weight is 214 g/mol. The molecule has 0 aromatic carbocycles. The van der Waals surface area contributed by atoms with Crippen molar-refractivity contribution in [2.24, 2.45) is 11.7 Å². The highest BCUT2D eigenvalue weighted by molar-refractivity contribution is 5.76. The number of likely N-dealkylation sites (tertiary alicyclic amines) is 1. The topological polar surface area (TPSA) is 66.6 Å². The summed E-state index contributed by atoms with van der Waals surface area (Å²) in [7, 11) is 0. The van der Waals surface area contributed by atoms with Crippen molar-refractivity contribution < 1.29 is 9.90 Å². The van der Waals surface area contributed by atoms with Crippen molar-refractivity contribution in [1.29, 1.82) is 0 Å². The molecule has 1 saturated heterocycles. The van der Waals surface area contributed by atoms with Gasteiger partial charge >= 0.3 is 0 Å². The summed E-state index contributed by atoms with van der Waals surface area (Å²) in [4.78, 5) is 13.6. The number of carbonyl (C=O) groups excluding carboxylic acids is 1. The summed E-state index contributed by atoms with van der Waals surface area (Å²) < 4.78 is 0. The van der Waals surface area contributed by atoms with Crippen molar-refractivity contribution in [3.63, 3.8) is 0 Å². The van der Waals surface area contributed by atoms with E-state index in [1.165, 1.54) is 0 Å². The second-order valence-corrected chi connectivity index (χ2v) is 5.17. The largest absolute Gasteiger partial charge is 0.396 e. The Kier molecular flexibility index (Phi) is 4.11. The SMILES string of the molecule is CC(C)(N)CCC(=O)N1CCC(CO)C1. The molecule has 0 bridgehead atoms. The minimum Gasteiger partial charge on any atom is -0.396 e. The maximum atomic E-state index is 11.7. The van der Waals surface area contributed by atoms with Crippen LogP contribution in [0.4, 0.5) is 0 Å². The van der Waals surface area contributed by atoms with Crippen LogP contribution in [0.15, 0.2) is 0 Å². The molecular formula is C11H22N2O2. The lowest BCUT2D eigenvalue weighted by Gasteiger charge is -2.21. The van der Waals surface area contributed by atoms with E-state index >= 15 is 0 Å². The van der Waals surface area contributed by atoms with Gasteiger partial charge in [0, 0.05) is 37.6 Å². The van der Waals surface area contributed by atoms with Gasteiger partial charge in [0.25, 0.3) is 0 Å². The van der Waals surface area contributed by atoms with Gasteiger partial charge in [-0.2, -0.15) is 0 Å². The van der Waals surface area contributed by atoms with Crippen molar-refractivity contribution in [3.05, 3.63) is 0 Å². The van der Waals surface area contributed by atoms with Gasteiger partial charge < -0.3 is 15.7 Å². The number of nitrogens with two attached hydrogens (primary N) is 1. The summed E-state index contributed by atoms with van der Waals surface area (Å²) in [5.41, 5.74) is 5.55. The lowest BCUT2D eigenvalue weighted by molar-refractivity contribution is -0.130. The fraction of sp³-hybridized carbons (Fsp3) is 0.909. The van der Waals surface area contributed by atoms with Crippen LogP contribution in [0.1, 0.15) is 33.1 Å². The molecule has 1 heterocycles. The van der Waals surface area contributed by atoms with Gasteiger partial charge in [-0.25, -0.2) is 0 Å². The van der Waals surface area contributed by atoms with Crippen molar-refractivity contribution in [2.45, 2.75) is 38.6 Å². The third-order valence-electron chi connectivity index (χ3n) is 2.88. The summed E-state index contributed by atoms with van der Waals surface area (Å²) in [6.45, 7) is 5.54. The van der Waals surface area contributed by atoms with Gasteiger partial charge in [-0.3, -0.25) is 4.79 Å². The first-order valence-corrected chi connectivity index (χ1v) is 5.60. The monoisotopic (exact) mass is 214 g/mol. The van der Waals surface area contributed by atoms with Crippen LogP contribution < -0.4 is 5.73 Å². The Morgan fingerprint density at radius 2 is 2.27 bits per heavy atom. The summed E-state index contributed by atoms with van der Waals surface area (Å²) in [5, 5.41) is 8.97. The Bertz CT molecular complexity index is 223. The molecule has 3 N–H and O–H groups in total. The Morgan fingerprint density at radius 3 is 2.73 bits per heavy atom. The van der Waals surface area contributed by atoms with Gasteiger partial charge in [-0.1, -0.05) is 0 Å². The molecule has 0 radical (unpaired) electrons. The molecule has 4 heteroatoms. The van der Waals surface area contributed by atoms with Gasteiger partial charge in [-0.05, 0) is 26.7 Å². The normalized spacial score (nSPS) is 22.1. The van der Waals surface area contributed by atoms with E-state index in [0.29, 0.717) is 19.4 Å². The third-order valence-corrected chi connectivity index (χ3v) is 2.88. The summed E-state index contributed by atoms with van der Waals surface area (Å²) in [6, 6.07) is 0. The number of hydrogen-bond acceptors (Lipinski definition) is 3. The van der Waals surface area contributed by atoms with Gasteiger partial charge in [0.15, 0.2) is 0 Å². The molecular weight excluding hydrogens is 192 g/mol. The zero-order valence-corrected chi connectivity index (χ0v) is 9.70. The second kappa shape index (κ2) is 4.94. The Hall–Kier alpha value is -0.610. The lowest BCUT2D eigenvalue weighted by atomic mass is 10.00. The first-order valence-electron chi connectivity index (χ1n) is 5.60. The lowest BCUT2D eigenvalue weighted by Crippen LogP contribution is -2.35. The smallest absolute Gasteiger partial charge is 0.222 e. The molecule has 0 spiro atoms. The highest BCUT2D eigenvalue weighted by atomic mass is 16.3. The molecule has 1 aliphatic heterocycles. The third kappa shape index (κ3) is 4.18. The molecule has 1 aliphatic rings. The van der Waals surface area contributed by atoms with E-state index in [9.17, 15) is 4.79 Å². The molecule has 0 aromatic rings. The quantitative estimate of drug-likeness (QED) is 0.709. The predicted octanol–water partition coefficient (Wildman–Crippen LogP) is 0.345. The molecule has 0 aromatic heterocycles. The molecule has 0 saturated carbocycles. The fourth-order valence-electron chi connectivity index (χ4n) is 1.80. The zero-order valence-electron chi connectivity index (χ0n) is 9.70. The Balaban J connectivity index is 2.30. The molecule has 88 valence electrons. The molecule has 1 unspecified atom stereocenters. The Morgan fingerprint density at radius 1 is 1.60 bits per heavy atom. The van der Waals surface area contributed by atoms with E-state index in [4.69, 9.17) is 10.8 Å². The number of amides is 1. The number of carbonyl (C=O) groups is 1. The molecule has 15 heavy (non-hydrogen) atoms. The highest BCUT2D eigenvalue weighted by Crippen LogP contribution is 2.17. The summed E-state index contributed by atoms with van der Waals surface area (Å²) >= 11 is 0. The van der Waals surface area contributed by atoms with Crippen molar-refractivity contribution in [2.75, 3.05) is 19.7 Å². The number of aliphatic hydroxyl groups excluding tert-OH is 1. The maximum Gasteiger partial charge on any atom is 0.222 e. The van der Waals surface area contributed by atoms with Crippen molar-refractivity contribution in [3.8, 4) is 0 Å². The minimum atomic E-state index is -0.272. The van der Waals surface area contributed by atoms with Crippen molar-refractivity contribution in [1.82, 2.24) is 4.90 Å². The highest BCUT2D eigenvalue weighted by Gasteiger charge is 2.26. The summed E-state index contributed by atoms with van der Waals surface area (Å²) in [5.74, 6) is 0.448. The first kappa shape index (κ1) is 12.5. The average Bonchev–Trinajstić information content (AvgIpc) is 2.61. The van der Waals surface area contributed by atoms with Gasteiger partial charge in [0.1, 0.15) is 0 Å². The van der Waals surface area contributed by atoms with Crippen LogP contribution in [0.5, 0.6) is 0 Å². The molecule has 1 amide bonds. The number of rotatable bonds is 4. The van der Waals surface area contributed by atoms with E-state index in [0.717, 1.165) is 13.0 Å². The van der Waals surface area contributed by atoms with Crippen LogP contribution in [0.25, 0.3) is 0 Å². The standard InChI is InChI=1S/C11H22N2O2/c1-11(2,12)5-3-10(15)13-6-4-9(7-13)8-14/h9,14H,3-8,12H2,1-2H3. The van der Waals surface area contributed by atoms with E-state index in [1.807, 2.05) is 18.7 Å². The molecule has 0 aliphatic carbocycles. The van der Waals surface area contributed by atoms with Crippen LogP contribution in [-0.4, -0.2) is 41.1 Å². The van der Waals surface area contributed by atoms with Crippen LogP contribution in [0, 0.1) is 5.92 Å². The maximum absolute atomic E-state index is 11.7. The van der Waals surface area contributed by atoms with Crippen molar-refractivity contribution >= 4 is 5.91 Å². The van der Waals surface area contributed by atoms with E-state index in [2.05, 4.69) is 0 Å². The minimum absolute atomic E-state index is 0.171. The first-order chi connectivity index (χ1) is 6.92. The zero-order chi connectivity index (χ0) is 11.5. The number of hydrogen-bond donors (Lipinski definition) is 2. The van der Waals surface area contributed by atoms with Crippen LogP contribution in [-0.2, 0) is 4.79 Å². The predicted molar refractivity (Wildman–Crippen MR) is 59.3 cm³/mol.